The van der Waals surface area contributed by atoms with E-state index in [-0.39, 0.29) is 5.56 Å². The van der Waals surface area contributed by atoms with Gasteiger partial charge < -0.3 is 15.2 Å². The van der Waals surface area contributed by atoms with Crippen LogP contribution in [0.5, 0.6) is 5.75 Å². The average molecular weight is 416 g/mol. The molecule has 0 radical (unpaired) electrons. The zero-order valence-electron chi connectivity index (χ0n) is 15.0. The van der Waals surface area contributed by atoms with E-state index in [1.165, 1.54) is 0 Å². The van der Waals surface area contributed by atoms with Gasteiger partial charge in [0.15, 0.2) is 0 Å². The van der Waals surface area contributed by atoms with Gasteiger partial charge in [0.1, 0.15) is 12.4 Å². The third-order valence-electron chi connectivity index (χ3n) is 4.15. The van der Waals surface area contributed by atoms with Gasteiger partial charge in [-0.3, -0.25) is 0 Å². The first-order valence-electron chi connectivity index (χ1n) is 8.70. The standard InChI is InChI=1S/C22H19Cl2NO3/c23-19-3-1-2-16(10-19)14-28-21-9-8-20(24)11-18(21)13-25-12-15-4-6-17(7-5-15)22(26)27/h1-11,25H,12-14H2,(H,26,27). The number of halogens is 2. The maximum absolute atomic E-state index is 10.9. The lowest BCUT2D eigenvalue weighted by molar-refractivity contribution is 0.0697. The molecule has 0 unspecified atom stereocenters. The molecule has 0 aliphatic heterocycles. The van der Waals surface area contributed by atoms with E-state index in [0.29, 0.717) is 29.7 Å². The molecule has 0 aromatic heterocycles. The lowest BCUT2D eigenvalue weighted by Gasteiger charge is -2.13. The van der Waals surface area contributed by atoms with Crippen LogP contribution in [0.3, 0.4) is 0 Å². The number of benzene rings is 3. The van der Waals surface area contributed by atoms with E-state index in [4.69, 9.17) is 33.0 Å². The van der Waals surface area contributed by atoms with Crippen molar-refractivity contribution in [2.24, 2.45) is 0 Å². The number of hydrogen-bond acceptors (Lipinski definition) is 3. The van der Waals surface area contributed by atoms with Gasteiger partial charge in [-0.25, -0.2) is 4.79 Å². The topological polar surface area (TPSA) is 58.6 Å². The average Bonchev–Trinajstić information content (AvgIpc) is 2.68. The van der Waals surface area contributed by atoms with Crippen molar-refractivity contribution in [2.75, 3.05) is 0 Å². The van der Waals surface area contributed by atoms with Crippen LogP contribution in [0.25, 0.3) is 0 Å². The summed E-state index contributed by atoms with van der Waals surface area (Å²) in [6.07, 6.45) is 0. The molecule has 0 heterocycles. The molecule has 28 heavy (non-hydrogen) atoms. The summed E-state index contributed by atoms with van der Waals surface area (Å²) >= 11 is 12.2. The lowest BCUT2D eigenvalue weighted by atomic mass is 10.1. The van der Waals surface area contributed by atoms with Crippen LogP contribution in [0.15, 0.2) is 66.7 Å². The number of nitrogens with one attached hydrogen (secondary N) is 1. The van der Waals surface area contributed by atoms with E-state index in [2.05, 4.69) is 5.32 Å². The Hall–Kier alpha value is -2.53. The SMILES string of the molecule is O=C(O)c1ccc(CNCc2cc(Cl)ccc2OCc2cccc(Cl)c2)cc1. The molecule has 0 saturated heterocycles. The molecule has 144 valence electrons. The predicted molar refractivity (Wildman–Crippen MR) is 111 cm³/mol. The molecule has 3 rings (SSSR count). The highest BCUT2D eigenvalue weighted by molar-refractivity contribution is 6.30. The Morgan fingerprint density at radius 2 is 1.64 bits per heavy atom. The van der Waals surface area contributed by atoms with Crippen LogP contribution in [0, 0.1) is 0 Å². The number of carbonyl (C=O) groups is 1. The van der Waals surface area contributed by atoms with Crippen molar-refractivity contribution in [1.82, 2.24) is 5.32 Å². The second kappa shape index (κ2) is 9.60. The highest BCUT2D eigenvalue weighted by atomic mass is 35.5. The van der Waals surface area contributed by atoms with Gasteiger partial charge in [0, 0.05) is 28.7 Å². The molecule has 0 aliphatic carbocycles. The van der Waals surface area contributed by atoms with Crippen molar-refractivity contribution in [3.8, 4) is 5.75 Å². The van der Waals surface area contributed by atoms with E-state index in [9.17, 15) is 4.79 Å². The van der Waals surface area contributed by atoms with Gasteiger partial charge in [-0.05, 0) is 53.6 Å². The highest BCUT2D eigenvalue weighted by Gasteiger charge is 2.07. The third-order valence-corrected chi connectivity index (χ3v) is 4.62. The van der Waals surface area contributed by atoms with E-state index >= 15 is 0 Å². The van der Waals surface area contributed by atoms with Crippen molar-refractivity contribution in [1.29, 1.82) is 0 Å². The number of rotatable bonds is 8. The molecule has 0 atom stereocenters. The fourth-order valence-electron chi connectivity index (χ4n) is 2.72. The van der Waals surface area contributed by atoms with Gasteiger partial charge in [-0.1, -0.05) is 47.5 Å². The fraction of sp³-hybridized carbons (Fsp3) is 0.136. The van der Waals surface area contributed by atoms with Gasteiger partial charge >= 0.3 is 5.97 Å². The molecular formula is C22H19Cl2NO3. The molecule has 0 amide bonds. The minimum atomic E-state index is -0.931. The Labute approximate surface area is 173 Å². The van der Waals surface area contributed by atoms with Crippen LogP contribution in [-0.2, 0) is 19.7 Å². The van der Waals surface area contributed by atoms with Crippen LogP contribution >= 0.6 is 23.2 Å². The summed E-state index contributed by atoms with van der Waals surface area (Å²) < 4.78 is 5.96. The summed E-state index contributed by atoms with van der Waals surface area (Å²) in [6.45, 7) is 1.57. The van der Waals surface area contributed by atoms with Gasteiger partial charge in [0.05, 0.1) is 5.56 Å². The smallest absolute Gasteiger partial charge is 0.335 e. The number of aromatic carboxylic acids is 1. The molecule has 4 nitrogen and oxygen atoms in total. The second-order valence-corrected chi connectivity index (χ2v) is 7.15. The molecule has 3 aromatic rings. The van der Waals surface area contributed by atoms with E-state index < -0.39 is 5.97 Å². The Morgan fingerprint density at radius 1 is 0.893 bits per heavy atom. The number of carboxylic acid groups (broad SMARTS) is 1. The van der Waals surface area contributed by atoms with Crippen LogP contribution in [-0.4, -0.2) is 11.1 Å². The van der Waals surface area contributed by atoms with Gasteiger partial charge in [0.25, 0.3) is 0 Å². The first-order chi connectivity index (χ1) is 13.5. The second-order valence-electron chi connectivity index (χ2n) is 6.28. The Balaban J connectivity index is 1.61. The van der Waals surface area contributed by atoms with Crippen molar-refractivity contribution < 1.29 is 14.6 Å². The van der Waals surface area contributed by atoms with Crippen molar-refractivity contribution in [2.45, 2.75) is 19.7 Å². The van der Waals surface area contributed by atoms with E-state index in [1.54, 1.807) is 30.3 Å². The van der Waals surface area contributed by atoms with Crippen molar-refractivity contribution in [3.63, 3.8) is 0 Å². The summed E-state index contributed by atoms with van der Waals surface area (Å²) in [4.78, 5) is 10.9. The monoisotopic (exact) mass is 415 g/mol. The Morgan fingerprint density at radius 3 is 2.36 bits per heavy atom. The lowest BCUT2D eigenvalue weighted by Crippen LogP contribution is -2.14. The van der Waals surface area contributed by atoms with E-state index in [1.807, 2.05) is 36.4 Å². The summed E-state index contributed by atoms with van der Waals surface area (Å²) in [6, 6.07) is 19.8. The van der Waals surface area contributed by atoms with Gasteiger partial charge in [-0.15, -0.1) is 0 Å². The first kappa shape index (κ1) is 20.2. The van der Waals surface area contributed by atoms with Gasteiger partial charge in [-0.2, -0.15) is 0 Å². The fourth-order valence-corrected chi connectivity index (χ4v) is 3.13. The summed E-state index contributed by atoms with van der Waals surface area (Å²) in [5, 5.41) is 13.6. The van der Waals surface area contributed by atoms with Crippen LogP contribution < -0.4 is 10.1 Å². The summed E-state index contributed by atoms with van der Waals surface area (Å²) in [7, 11) is 0. The molecule has 0 fully saturated rings. The molecule has 0 saturated carbocycles. The van der Waals surface area contributed by atoms with Crippen LogP contribution in [0.4, 0.5) is 0 Å². The Bertz CT molecular complexity index is 958. The normalized spacial score (nSPS) is 10.6. The summed E-state index contributed by atoms with van der Waals surface area (Å²) in [5.74, 6) is -0.182. The molecule has 0 spiro atoms. The van der Waals surface area contributed by atoms with Crippen LogP contribution in [0.1, 0.15) is 27.0 Å². The predicted octanol–water partition coefficient (Wildman–Crippen LogP) is 5.56. The number of carboxylic acids is 1. The quantitative estimate of drug-likeness (QED) is 0.505. The molecule has 2 N–H and O–H groups in total. The largest absolute Gasteiger partial charge is 0.489 e. The maximum atomic E-state index is 10.9. The molecule has 3 aromatic carbocycles. The minimum Gasteiger partial charge on any atom is -0.489 e. The van der Waals surface area contributed by atoms with Gasteiger partial charge in [0.2, 0.25) is 0 Å². The van der Waals surface area contributed by atoms with Crippen molar-refractivity contribution >= 4 is 29.2 Å². The maximum Gasteiger partial charge on any atom is 0.335 e. The minimum absolute atomic E-state index is 0.273. The third kappa shape index (κ3) is 5.73. The highest BCUT2D eigenvalue weighted by Crippen LogP contribution is 2.24. The molecule has 0 aliphatic rings. The molecule has 0 bridgehead atoms. The number of hydrogen-bond donors (Lipinski definition) is 2. The van der Waals surface area contributed by atoms with Crippen LogP contribution in [0.2, 0.25) is 10.0 Å². The Kier molecular flexibility index (Phi) is 6.93. The number of ether oxygens (including phenoxy) is 1. The zero-order chi connectivity index (χ0) is 19.9. The first-order valence-corrected chi connectivity index (χ1v) is 9.45. The van der Waals surface area contributed by atoms with E-state index in [0.717, 1.165) is 22.4 Å². The summed E-state index contributed by atoms with van der Waals surface area (Å²) in [5.41, 5.74) is 3.19. The molecule has 6 heteroatoms. The molecular weight excluding hydrogens is 397 g/mol. The zero-order valence-corrected chi connectivity index (χ0v) is 16.5. The van der Waals surface area contributed by atoms with Crippen molar-refractivity contribution in [3.05, 3.63) is 99.0 Å².